The quantitative estimate of drug-likeness (QED) is 0.799. The number of rotatable bonds is 5. The Labute approximate surface area is 98.0 Å². The molecule has 0 aliphatic heterocycles. The Morgan fingerprint density at radius 3 is 2.94 bits per heavy atom. The molecule has 0 unspecified atom stereocenters. The van der Waals surface area contributed by atoms with Crippen molar-refractivity contribution in [2.45, 2.75) is 26.8 Å². The van der Waals surface area contributed by atoms with Crippen LogP contribution < -0.4 is 5.32 Å². The minimum absolute atomic E-state index is 0.764. The molecule has 0 radical (unpaired) electrons. The molecule has 2 heterocycles. The van der Waals surface area contributed by atoms with Crippen molar-refractivity contribution in [3.63, 3.8) is 0 Å². The molecule has 0 aliphatic carbocycles. The van der Waals surface area contributed by atoms with E-state index in [2.05, 4.69) is 20.1 Å². The van der Waals surface area contributed by atoms with Crippen molar-refractivity contribution >= 4 is 11.5 Å². The second-order valence-corrected chi connectivity index (χ2v) is 4.24. The van der Waals surface area contributed by atoms with E-state index in [0.717, 1.165) is 36.7 Å². The molecule has 0 fully saturated rings. The van der Waals surface area contributed by atoms with Gasteiger partial charge in [-0.25, -0.2) is 0 Å². The highest BCUT2D eigenvalue weighted by Gasteiger charge is 2.07. The molecule has 86 valence electrons. The lowest BCUT2D eigenvalue weighted by Crippen LogP contribution is -2.17. The number of aromatic nitrogens is 3. The highest BCUT2D eigenvalue weighted by atomic mass is 32.1. The zero-order valence-electron chi connectivity index (χ0n) is 9.36. The smallest absolute Gasteiger partial charge is 0.137 e. The van der Waals surface area contributed by atoms with Gasteiger partial charge in [0, 0.05) is 17.5 Å². The number of nitrogens with zero attached hydrogens (tertiary/aromatic N) is 3. The van der Waals surface area contributed by atoms with Crippen LogP contribution in [0.25, 0.3) is 0 Å². The van der Waals surface area contributed by atoms with Crippen LogP contribution in [0.15, 0.2) is 9.90 Å². The molecule has 0 aliphatic rings. The largest absolute Gasteiger partial charge is 0.361 e. The van der Waals surface area contributed by atoms with Gasteiger partial charge in [0.25, 0.3) is 0 Å². The molecule has 0 amide bonds. The molecule has 2 rings (SSSR count). The maximum Gasteiger partial charge on any atom is 0.137 e. The molecule has 16 heavy (non-hydrogen) atoms. The first kappa shape index (κ1) is 11.2. The van der Waals surface area contributed by atoms with Crippen LogP contribution in [0.4, 0.5) is 0 Å². The van der Waals surface area contributed by atoms with E-state index in [-0.39, 0.29) is 0 Å². The van der Waals surface area contributed by atoms with Crippen molar-refractivity contribution in [2.75, 3.05) is 6.54 Å². The van der Waals surface area contributed by atoms with E-state index >= 15 is 0 Å². The van der Waals surface area contributed by atoms with E-state index in [1.54, 1.807) is 0 Å². The second-order valence-electron chi connectivity index (χ2n) is 3.63. The number of hydrogen-bond donors (Lipinski definition) is 1. The van der Waals surface area contributed by atoms with Crippen LogP contribution in [0.5, 0.6) is 0 Å². The van der Waals surface area contributed by atoms with Crippen molar-refractivity contribution in [2.24, 2.45) is 0 Å². The predicted molar refractivity (Wildman–Crippen MR) is 61.3 cm³/mol. The molecular weight excluding hydrogens is 224 g/mol. The average Bonchev–Trinajstić information content (AvgIpc) is 2.87. The highest BCUT2D eigenvalue weighted by molar-refractivity contribution is 7.03. The van der Waals surface area contributed by atoms with Crippen LogP contribution in [-0.4, -0.2) is 21.3 Å². The lowest BCUT2D eigenvalue weighted by atomic mass is 10.1. The summed E-state index contributed by atoms with van der Waals surface area (Å²) >= 11 is 1.37. The minimum atomic E-state index is 0.764. The molecule has 2 aromatic heterocycles. The molecule has 2 aromatic rings. The van der Waals surface area contributed by atoms with Gasteiger partial charge in [-0.1, -0.05) is 9.64 Å². The zero-order valence-corrected chi connectivity index (χ0v) is 10.2. The molecule has 0 saturated carbocycles. The fourth-order valence-corrected chi connectivity index (χ4v) is 2.00. The molecule has 5 nitrogen and oxygen atoms in total. The van der Waals surface area contributed by atoms with Gasteiger partial charge in [-0.2, -0.15) is 0 Å². The Hall–Kier alpha value is -1.27. The number of nitrogens with one attached hydrogen (secondary N) is 1. The summed E-state index contributed by atoms with van der Waals surface area (Å²) in [5.41, 5.74) is 3.17. The third-order valence-electron chi connectivity index (χ3n) is 2.44. The Morgan fingerprint density at radius 1 is 1.44 bits per heavy atom. The van der Waals surface area contributed by atoms with Gasteiger partial charge in [-0.3, -0.25) is 0 Å². The van der Waals surface area contributed by atoms with Gasteiger partial charge in [0.2, 0.25) is 0 Å². The van der Waals surface area contributed by atoms with Crippen molar-refractivity contribution in [3.05, 3.63) is 28.1 Å². The lowest BCUT2D eigenvalue weighted by Gasteiger charge is -2.01. The third-order valence-corrected chi connectivity index (χ3v) is 3.00. The minimum Gasteiger partial charge on any atom is -0.361 e. The summed E-state index contributed by atoms with van der Waals surface area (Å²) in [4.78, 5) is 0. The van der Waals surface area contributed by atoms with E-state index in [0.29, 0.717) is 0 Å². The molecule has 0 atom stereocenters. The molecule has 0 spiro atoms. The van der Waals surface area contributed by atoms with Crippen LogP contribution in [-0.2, 0) is 13.0 Å². The van der Waals surface area contributed by atoms with Crippen LogP contribution >= 0.6 is 11.5 Å². The second kappa shape index (κ2) is 5.18. The summed E-state index contributed by atoms with van der Waals surface area (Å²) in [5, 5.41) is 13.1. The first-order valence-corrected chi connectivity index (χ1v) is 5.99. The third kappa shape index (κ3) is 2.65. The first-order chi connectivity index (χ1) is 7.77. The Bertz CT molecular complexity index is 418. The maximum absolute atomic E-state index is 5.10. The summed E-state index contributed by atoms with van der Waals surface area (Å²) in [5.74, 6) is 0.912. The van der Waals surface area contributed by atoms with Crippen molar-refractivity contribution in [3.8, 4) is 0 Å². The lowest BCUT2D eigenvalue weighted by molar-refractivity contribution is 0.392. The van der Waals surface area contributed by atoms with Gasteiger partial charge >= 0.3 is 0 Å². The van der Waals surface area contributed by atoms with E-state index in [9.17, 15) is 0 Å². The molecule has 0 bridgehead atoms. The summed E-state index contributed by atoms with van der Waals surface area (Å²) in [7, 11) is 0. The summed E-state index contributed by atoms with van der Waals surface area (Å²) in [6.07, 6.45) is 0.929. The highest BCUT2D eigenvalue weighted by Crippen LogP contribution is 2.12. The van der Waals surface area contributed by atoms with E-state index in [4.69, 9.17) is 4.52 Å². The normalized spacial score (nSPS) is 10.9. The first-order valence-electron chi connectivity index (χ1n) is 5.16. The molecule has 0 aromatic carbocycles. The van der Waals surface area contributed by atoms with E-state index in [1.807, 2.05) is 19.2 Å². The monoisotopic (exact) mass is 238 g/mol. The fourth-order valence-electron chi connectivity index (χ4n) is 1.55. The SMILES string of the molecule is Cc1noc(C)c1CCNCc1csnn1. The average molecular weight is 238 g/mol. The zero-order chi connectivity index (χ0) is 11.4. The van der Waals surface area contributed by atoms with Gasteiger partial charge in [-0.05, 0) is 38.3 Å². The van der Waals surface area contributed by atoms with Gasteiger partial charge in [0.1, 0.15) is 5.76 Å². The van der Waals surface area contributed by atoms with E-state index in [1.165, 1.54) is 17.1 Å². The van der Waals surface area contributed by atoms with Crippen LogP contribution in [0.2, 0.25) is 0 Å². The fraction of sp³-hybridized carbons (Fsp3) is 0.500. The Kier molecular flexibility index (Phi) is 3.63. The molecule has 6 heteroatoms. The summed E-state index contributed by atoms with van der Waals surface area (Å²) in [6, 6.07) is 0. The molecular formula is C10H14N4OS. The Morgan fingerprint density at radius 2 is 2.31 bits per heavy atom. The van der Waals surface area contributed by atoms with Crippen LogP contribution in [0, 0.1) is 13.8 Å². The van der Waals surface area contributed by atoms with Gasteiger partial charge in [0.05, 0.1) is 11.4 Å². The molecule has 1 N–H and O–H groups in total. The summed E-state index contributed by atoms with van der Waals surface area (Å²) in [6.45, 7) is 5.57. The van der Waals surface area contributed by atoms with Gasteiger partial charge < -0.3 is 9.84 Å². The van der Waals surface area contributed by atoms with Crippen molar-refractivity contribution < 1.29 is 4.52 Å². The summed E-state index contributed by atoms with van der Waals surface area (Å²) < 4.78 is 8.91. The van der Waals surface area contributed by atoms with Gasteiger partial charge in [-0.15, -0.1) is 5.10 Å². The van der Waals surface area contributed by atoms with Crippen LogP contribution in [0.3, 0.4) is 0 Å². The van der Waals surface area contributed by atoms with Crippen molar-refractivity contribution in [1.29, 1.82) is 0 Å². The molecule has 0 saturated heterocycles. The van der Waals surface area contributed by atoms with E-state index < -0.39 is 0 Å². The number of aryl methyl sites for hydroxylation is 2. The Balaban J connectivity index is 1.76. The van der Waals surface area contributed by atoms with Crippen LogP contribution in [0.1, 0.15) is 22.7 Å². The van der Waals surface area contributed by atoms with Gasteiger partial charge in [0.15, 0.2) is 0 Å². The van der Waals surface area contributed by atoms with Crippen molar-refractivity contribution in [1.82, 2.24) is 20.1 Å². The topological polar surface area (TPSA) is 63.8 Å². The number of hydrogen-bond acceptors (Lipinski definition) is 6. The predicted octanol–water partition coefficient (Wildman–Crippen LogP) is 1.48. The maximum atomic E-state index is 5.10. The standard InChI is InChI=1S/C10H14N4OS/c1-7-10(8(2)15-13-7)3-4-11-5-9-6-16-14-12-9/h6,11H,3-5H2,1-2H3.